The van der Waals surface area contributed by atoms with Gasteiger partial charge in [-0.15, -0.1) is 0 Å². The van der Waals surface area contributed by atoms with Crippen molar-refractivity contribution in [1.29, 1.82) is 0 Å². The van der Waals surface area contributed by atoms with Gasteiger partial charge in [-0.25, -0.2) is 4.98 Å². The number of hydrogen-bond acceptors (Lipinski definition) is 4. The van der Waals surface area contributed by atoms with Crippen molar-refractivity contribution in [3.8, 4) is 0 Å². The van der Waals surface area contributed by atoms with Crippen LogP contribution in [0, 0.1) is 6.92 Å². The quantitative estimate of drug-likeness (QED) is 0.806. The van der Waals surface area contributed by atoms with Crippen LogP contribution in [-0.2, 0) is 0 Å². The molecule has 2 aromatic rings. The Morgan fingerprint density at radius 1 is 1.53 bits per heavy atom. The summed E-state index contributed by atoms with van der Waals surface area (Å²) < 4.78 is 0. The Balaban J connectivity index is 2.35. The largest absolute Gasteiger partial charge is 0.397 e. The molecule has 0 aromatic carbocycles. The molecule has 0 radical (unpaired) electrons. The minimum Gasteiger partial charge on any atom is -0.397 e. The van der Waals surface area contributed by atoms with E-state index in [1.165, 1.54) is 4.90 Å². The fourth-order valence-electron chi connectivity index (χ4n) is 1.44. The molecule has 1 amide bonds. The van der Waals surface area contributed by atoms with Crippen molar-refractivity contribution in [1.82, 2.24) is 15.2 Å². The van der Waals surface area contributed by atoms with Crippen LogP contribution >= 0.6 is 0 Å². The number of nitrogens with zero attached hydrogens (tertiary/aromatic N) is 3. The number of H-pyrrole nitrogens is 1. The van der Waals surface area contributed by atoms with Gasteiger partial charge in [-0.1, -0.05) is 0 Å². The SMILES string of the molecule is Cc1ccnc(C(=O)N(C)c2cn[nH]c2)c1N. The topological polar surface area (TPSA) is 87.9 Å². The smallest absolute Gasteiger partial charge is 0.278 e. The maximum Gasteiger partial charge on any atom is 0.278 e. The lowest BCUT2D eigenvalue weighted by atomic mass is 10.2. The Labute approximate surface area is 98.5 Å². The summed E-state index contributed by atoms with van der Waals surface area (Å²) in [5, 5.41) is 6.44. The van der Waals surface area contributed by atoms with E-state index in [9.17, 15) is 4.79 Å². The molecule has 2 heterocycles. The number of aromatic nitrogens is 3. The van der Waals surface area contributed by atoms with E-state index < -0.39 is 0 Å². The van der Waals surface area contributed by atoms with Crippen LogP contribution in [0.1, 0.15) is 16.1 Å². The van der Waals surface area contributed by atoms with E-state index in [4.69, 9.17) is 5.73 Å². The maximum atomic E-state index is 12.2. The molecule has 0 fully saturated rings. The zero-order valence-corrected chi connectivity index (χ0v) is 9.64. The minimum atomic E-state index is -0.257. The van der Waals surface area contributed by atoms with Gasteiger partial charge in [0.15, 0.2) is 5.69 Å². The highest BCUT2D eigenvalue weighted by Gasteiger charge is 2.18. The third kappa shape index (κ3) is 1.96. The van der Waals surface area contributed by atoms with E-state index in [1.54, 1.807) is 31.7 Å². The molecule has 0 aliphatic carbocycles. The van der Waals surface area contributed by atoms with Crippen LogP contribution in [-0.4, -0.2) is 28.1 Å². The number of anilines is 2. The van der Waals surface area contributed by atoms with Crippen molar-refractivity contribution < 1.29 is 4.79 Å². The van der Waals surface area contributed by atoms with Gasteiger partial charge in [0.05, 0.1) is 17.6 Å². The molecule has 88 valence electrons. The molecule has 17 heavy (non-hydrogen) atoms. The monoisotopic (exact) mass is 231 g/mol. The first-order valence-corrected chi connectivity index (χ1v) is 5.09. The fraction of sp³-hybridized carbons (Fsp3) is 0.182. The highest BCUT2D eigenvalue weighted by molar-refractivity contribution is 6.07. The normalized spacial score (nSPS) is 10.2. The summed E-state index contributed by atoms with van der Waals surface area (Å²) in [6.07, 6.45) is 4.76. The average molecular weight is 231 g/mol. The fourth-order valence-corrected chi connectivity index (χ4v) is 1.44. The van der Waals surface area contributed by atoms with Crippen LogP contribution in [0.15, 0.2) is 24.7 Å². The molecule has 6 nitrogen and oxygen atoms in total. The summed E-state index contributed by atoms with van der Waals surface area (Å²) in [5.41, 5.74) is 8.01. The van der Waals surface area contributed by atoms with Crippen LogP contribution in [0.5, 0.6) is 0 Å². The van der Waals surface area contributed by atoms with Crippen LogP contribution in [0.25, 0.3) is 0 Å². The molecule has 0 unspecified atom stereocenters. The predicted molar refractivity (Wildman–Crippen MR) is 64.7 cm³/mol. The average Bonchev–Trinajstić information content (AvgIpc) is 2.84. The van der Waals surface area contributed by atoms with E-state index >= 15 is 0 Å². The number of aryl methyl sites for hydroxylation is 1. The molecule has 2 rings (SSSR count). The van der Waals surface area contributed by atoms with Gasteiger partial charge >= 0.3 is 0 Å². The van der Waals surface area contributed by atoms with Gasteiger partial charge in [0, 0.05) is 19.4 Å². The number of carbonyl (C=O) groups excluding carboxylic acids is 1. The molecule has 0 spiro atoms. The first-order valence-electron chi connectivity index (χ1n) is 5.09. The van der Waals surface area contributed by atoms with Crippen LogP contribution in [0.3, 0.4) is 0 Å². The molecule has 0 bridgehead atoms. The van der Waals surface area contributed by atoms with Gasteiger partial charge in [0.25, 0.3) is 5.91 Å². The van der Waals surface area contributed by atoms with Gasteiger partial charge in [-0.05, 0) is 18.6 Å². The maximum absolute atomic E-state index is 12.2. The lowest BCUT2D eigenvalue weighted by molar-refractivity contribution is 0.0989. The van der Waals surface area contributed by atoms with Gasteiger partial charge < -0.3 is 10.6 Å². The van der Waals surface area contributed by atoms with Crippen molar-refractivity contribution in [3.05, 3.63) is 35.9 Å². The molecule has 0 saturated carbocycles. The van der Waals surface area contributed by atoms with E-state index in [0.717, 1.165) is 5.56 Å². The molecule has 3 N–H and O–H groups in total. The Morgan fingerprint density at radius 3 is 2.94 bits per heavy atom. The second-order valence-electron chi connectivity index (χ2n) is 3.71. The highest BCUT2D eigenvalue weighted by Crippen LogP contribution is 2.18. The lowest BCUT2D eigenvalue weighted by Gasteiger charge is -2.15. The molecule has 2 aromatic heterocycles. The summed E-state index contributed by atoms with van der Waals surface area (Å²) >= 11 is 0. The summed E-state index contributed by atoms with van der Waals surface area (Å²) in [6, 6.07) is 1.77. The number of nitrogen functional groups attached to an aromatic ring is 1. The van der Waals surface area contributed by atoms with Gasteiger partial charge in [0.2, 0.25) is 0 Å². The molecule has 6 heteroatoms. The summed E-state index contributed by atoms with van der Waals surface area (Å²) in [7, 11) is 1.65. The van der Waals surface area contributed by atoms with Crippen LogP contribution in [0.2, 0.25) is 0 Å². The number of rotatable bonds is 2. The Kier molecular flexibility index (Phi) is 2.78. The van der Waals surface area contributed by atoms with Crippen molar-refractivity contribution >= 4 is 17.3 Å². The van der Waals surface area contributed by atoms with E-state index in [-0.39, 0.29) is 11.6 Å². The van der Waals surface area contributed by atoms with E-state index in [1.807, 2.05) is 6.92 Å². The standard InChI is InChI=1S/C11H13N5O/c1-7-3-4-13-10(9(7)12)11(17)16(2)8-5-14-15-6-8/h3-6H,12H2,1-2H3,(H,14,15). The Bertz CT molecular complexity index is 535. The number of aromatic amines is 1. The second kappa shape index (κ2) is 4.25. The van der Waals surface area contributed by atoms with Gasteiger partial charge in [-0.3, -0.25) is 9.89 Å². The minimum absolute atomic E-state index is 0.257. The van der Waals surface area contributed by atoms with Crippen LogP contribution in [0.4, 0.5) is 11.4 Å². The molecule has 0 aliphatic rings. The van der Waals surface area contributed by atoms with Crippen molar-refractivity contribution in [2.75, 3.05) is 17.7 Å². The summed E-state index contributed by atoms with van der Waals surface area (Å²) in [4.78, 5) is 17.6. The third-order valence-electron chi connectivity index (χ3n) is 2.59. The Hall–Kier alpha value is -2.37. The van der Waals surface area contributed by atoms with Crippen molar-refractivity contribution in [2.45, 2.75) is 6.92 Å². The molecular formula is C11H13N5O. The number of amides is 1. The predicted octanol–water partition coefficient (Wildman–Crippen LogP) is 0.972. The van der Waals surface area contributed by atoms with Crippen LogP contribution < -0.4 is 10.6 Å². The van der Waals surface area contributed by atoms with Crippen molar-refractivity contribution in [3.63, 3.8) is 0 Å². The van der Waals surface area contributed by atoms with Gasteiger partial charge in [0.1, 0.15) is 0 Å². The van der Waals surface area contributed by atoms with E-state index in [2.05, 4.69) is 15.2 Å². The van der Waals surface area contributed by atoms with Gasteiger partial charge in [-0.2, -0.15) is 5.10 Å². The molecule has 0 saturated heterocycles. The number of hydrogen-bond donors (Lipinski definition) is 2. The second-order valence-corrected chi connectivity index (χ2v) is 3.71. The Morgan fingerprint density at radius 2 is 2.29 bits per heavy atom. The third-order valence-corrected chi connectivity index (χ3v) is 2.59. The number of nitrogens with two attached hydrogens (primary N) is 1. The van der Waals surface area contributed by atoms with Crippen molar-refractivity contribution in [2.24, 2.45) is 0 Å². The lowest BCUT2D eigenvalue weighted by Crippen LogP contribution is -2.27. The first-order chi connectivity index (χ1) is 8.11. The summed E-state index contributed by atoms with van der Waals surface area (Å²) in [5.74, 6) is -0.257. The summed E-state index contributed by atoms with van der Waals surface area (Å²) in [6.45, 7) is 1.84. The molecule has 0 atom stereocenters. The number of nitrogens with one attached hydrogen (secondary N) is 1. The number of pyridine rings is 1. The van der Waals surface area contributed by atoms with E-state index in [0.29, 0.717) is 11.4 Å². The zero-order chi connectivity index (χ0) is 12.4. The molecular weight excluding hydrogens is 218 g/mol. The highest BCUT2D eigenvalue weighted by atomic mass is 16.2. The molecule has 0 aliphatic heterocycles. The zero-order valence-electron chi connectivity index (χ0n) is 9.64. The first kappa shape index (κ1) is 11.1. The number of carbonyl (C=O) groups is 1.